The summed E-state index contributed by atoms with van der Waals surface area (Å²) in [5.74, 6) is 0.138. The molecule has 0 radical (unpaired) electrons. The molecule has 7 heteroatoms. The van der Waals surface area contributed by atoms with Crippen LogP contribution in [0.2, 0.25) is 0 Å². The summed E-state index contributed by atoms with van der Waals surface area (Å²) in [6.45, 7) is 7.66. The predicted octanol–water partition coefficient (Wildman–Crippen LogP) is 2.79. The number of hydrogen-bond donors (Lipinski definition) is 1. The van der Waals surface area contributed by atoms with E-state index < -0.39 is 0 Å². The molecular formula is C22H25N5O2. The molecule has 1 N–H and O–H groups in total. The summed E-state index contributed by atoms with van der Waals surface area (Å²) < 4.78 is 3.10. The van der Waals surface area contributed by atoms with Gasteiger partial charge in [-0.1, -0.05) is 17.7 Å². The zero-order valence-corrected chi connectivity index (χ0v) is 17.2. The van der Waals surface area contributed by atoms with Crippen molar-refractivity contribution >= 4 is 11.6 Å². The maximum atomic E-state index is 13.2. The van der Waals surface area contributed by atoms with Crippen LogP contribution < -0.4 is 10.9 Å². The number of benzene rings is 1. The van der Waals surface area contributed by atoms with E-state index in [0.29, 0.717) is 12.4 Å². The molecule has 0 spiro atoms. The fraction of sp³-hybridized carbons (Fsp3) is 0.364. The minimum Gasteiger partial charge on any atom is -0.324 e. The minimum absolute atomic E-state index is 0.111. The highest BCUT2D eigenvalue weighted by molar-refractivity contribution is 5.91. The van der Waals surface area contributed by atoms with E-state index >= 15 is 0 Å². The zero-order chi connectivity index (χ0) is 20.7. The number of anilines is 1. The number of carbonyl (C=O) groups is 1. The molecule has 0 aliphatic heterocycles. The van der Waals surface area contributed by atoms with Crippen molar-refractivity contribution in [2.75, 3.05) is 5.32 Å². The van der Waals surface area contributed by atoms with E-state index in [1.165, 1.54) is 4.57 Å². The van der Waals surface area contributed by atoms with Gasteiger partial charge in [-0.25, -0.2) is 9.67 Å². The lowest BCUT2D eigenvalue weighted by Gasteiger charge is -2.16. The molecule has 2 aromatic heterocycles. The largest absolute Gasteiger partial charge is 0.324 e. The van der Waals surface area contributed by atoms with Crippen LogP contribution in [0.15, 0.2) is 29.1 Å². The lowest BCUT2D eigenvalue weighted by Crippen LogP contribution is -2.34. The first-order valence-electron chi connectivity index (χ1n) is 9.87. The Kier molecular flexibility index (Phi) is 4.82. The fourth-order valence-electron chi connectivity index (χ4n) is 3.94. The number of hydrogen-bond acceptors (Lipinski definition) is 4. The van der Waals surface area contributed by atoms with E-state index in [0.717, 1.165) is 52.3 Å². The van der Waals surface area contributed by atoms with Gasteiger partial charge in [0.05, 0.1) is 11.4 Å². The third-order valence-corrected chi connectivity index (χ3v) is 5.33. The average Bonchev–Trinajstić information content (AvgIpc) is 3.25. The molecule has 1 aliphatic carbocycles. The highest BCUT2D eigenvalue weighted by Gasteiger charge is 2.24. The molecule has 0 saturated carbocycles. The van der Waals surface area contributed by atoms with Gasteiger partial charge in [0.15, 0.2) is 0 Å². The molecule has 4 rings (SSSR count). The SMILES string of the molecule is Cc1ccc(NC(=O)Cn2c(-n3nc(C)cc3C)nc3c(c2=O)CCC3)c(C)c1. The molecule has 0 atom stereocenters. The number of rotatable bonds is 4. The van der Waals surface area contributed by atoms with Gasteiger partial charge in [0.25, 0.3) is 5.56 Å². The van der Waals surface area contributed by atoms with Crippen LogP contribution in [0, 0.1) is 27.7 Å². The number of aryl methyl sites for hydroxylation is 5. The Hall–Kier alpha value is -3.22. The van der Waals surface area contributed by atoms with Gasteiger partial charge < -0.3 is 5.32 Å². The van der Waals surface area contributed by atoms with Crippen molar-refractivity contribution in [3.05, 3.63) is 68.4 Å². The van der Waals surface area contributed by atoms with Gasteiger partial charge in [-0.2, -0.15) is 5.10 Å². The zero-order valence-electron chi connectivity index (χ0n) is 17.2. The average molecular weight is 391 g/mol. The van der Waals surface area contributed by atoms with E-state index in [-0.39, 0.29) is 18.0 Å². The van der Waals surface area contributed by atoms with Crippen molar-refractivity contribution in [3.8, 4) is 5.95 Å². The monoisotopic (exact) mass is 391 g/mol. The highest BCUT2D eigenvalue weighted by Crippen LogP contribution is 2.20. The summed E-state index contributed by atoms with van der Waals surface area (Å²) in [6, 6.07) is 7.78. The molecule has 3 aromatic rings. The van der Waals surface area contributed by atoms with Crippen LogP contribution in [0.4, 0.5) is 5.69 Å². The van der Waals surface area contributed by atoms with Gasteiger partial charge in [-0.05, 0) is 64.7 Å². The van der Waals surface area contributed by atoms with E-state index in [1.54, 1.807) is 4.68 Å². The molecule has 0 bridgehead atoms. The molecule has 0 unspecified atom stereocenters. The van der Waals surface area contributed by atoms with Crippen molar-refractivity contribution in [2.24, 2.45) is 0 Å². The second-order valence-corrected chi connectivity index (χ2v) is 7.79. The Labute approximate surface area is 169 Å². The first-order valence-corrected chi connectivity index (χ1v) is 9.87. The molecule has 1 aliphatic rings. The van der Waals surface area contributed by atoms with Crippen LogP contribution in [0.5, 0.6) is 0 Å². The van der Waals surface area contributed by atoms with Crippen molar-refractivity contribution in [3.63, 3.8) is 0 Å². The molecule has 0 fully saturated rings. The Bertz CT molecular complexity index is 1170. The minimum atomic E-state index is -0.262. The number of amides is 1. The standard InChI is InChI=1S/C22H25N5O2/c1-13-8-9-18(14(2)10-13)23-20(28)12-26-21(29)17-6-5-7-19(17)24-22(26)27-16(4)11-15(3)25-27/h8-11H,5-7,12H2,1-4H3,(H,23,28). The number of aromatic nitrogens is 4. The second-order valence-electron chi connectivity index (χ2n) is 7.79. The van der Waals surface area contributed by atoms with Gasteiger partial charge in [-0.15, -0.1) is 0 Å². The Morgan fingerprint density at radius 3 is 2.62 bits per heavy atom. The van der Waals surface area contributed by atoms with Gasteiger partial charge >= 0.3 is 0 Å². The molecule has 7 nitrogen and oxygen atoms in total. The number of nitrogens with zero attached hydrogens (tertiary/aromatic N) is 4. The van der Waals surface area contributed by atoms with Crippen molar-refractivity contribution in [2.45, 2.75) is 53.5 Å². The predicted molar refractivity (Wildman–Crippen MR) is 112 cm³/mol. The van der Waals surface area contributed by atoms with E-state index in [1.807, 2.05) is 52.0 Å². The quantitative estimate of drug-likeness (QED) is 0.741. The highest BCUT2D eigenvalue weighted by atomic mass is 16.2. The number of carbonyl (C=O) groups excluding carboxylic acids is 1. The van der Waals surface area contributed by atoms with Crippen LogP contribution in [0.1, 0.15) is 40.2 Å². The smallest absolute Gasteiger partial charge is 0.258 e. The van der Waals surface area contributed by atoms with Crippen LogP contribution >= 0.6 is 0 Å². The van der Waals surface area contributed by atoms with Crippen LogP contribution in [0.25, 0.3) is 5.95 Å². The molecule has 1 amide bonds. The van der Waals surface area contributed by atoms with E-state index in [2.05, 4.69) is 10.4 Å². The lowest BCUT2D eigenvalue weighted by atomic mass is 10.1. The van der Waals surface area contributed by atoms with Gasteiger partial charge in [0.2, 0.25) is 11.9 Å². The first-order chi connectivity index (χ1) is 13.8. The van der Waals surface area contributed by atoms with Crippen molar-refractivity contribution in [1.29, 1.82) is 0 Å². The van der Waals surface area contributed by atoms with Gasteiger partial charge in [-0.3, -0.25) is 14.2 Å². The van der Waals surface area contributed by atoms with Crippen LogP contribution in [-0.2, 0) is 24.2 Å². The Morgan fingerprint density at radius 1 is 1.14 bits per heavy atom. The van der Waals surface area contributed by atoms with Gasteiger partial charge in [0.1, 0.15) is 6.54 Å². The van der Waals surface area contributed by atoms with E-state index in [9.17, 15) is 9.59 Å². The molecular weight excluding hydrogens is 366 g/mol. The molecule has 0 saturated heterocycles. The molecule has 150 valence electrons. The summed E-state index contributed by atoms with van der Waals surface area (Å²) in [5, 5.41) is 7.41. The number of nitrogens with one attached hydrogen (secondary N) is 1. The summed E-state index contributed by atoms with van der Waals surface area (Å²) in [4.78, 5) is 30.7. The summed E-state index contributed by atoms with van der Waals surface area (Å²) in [7, 11) is 0. The maximum absolute atomic E-state index is 13.2. The number of fused-ring (bicyclic) bond motifs is 1. The lowest BCUT2D eigenvalue weighted by molar-refractivity contribution is -0.116. The third-order valence-electron chi connectivity index (χ3n) is 5.33. The van der Waals surface area contributed by atoms with Crippen molar-refractivity contribution < 1.29 is 4.79 Å². The normalized spacial score (nSPS) is 12.8. The maximum Gasteiger partial charge on any atom is 0.258 e. The van der Waals surface area contributed by atoms with Crippen LogP contribution in [0.3, 0.4) is 0 Å². The second kappa shape index (κ2) is 7.31. The Balaban J connectivity index is 1.73. The summed E-state index contributed by atoms with van der Waals surface area (Å²) in [5.41, 5.74) is 5.96. The van der Waals surface area contributed by atoms with E-state index in [4.69, 9.17) is 4.98 Å². The Morgan fingerprint density at radius 2 is 1.93 bits per heavy atom. The molecule has 2 heterocycles. The van der Waals surface area contributed by atoms with Crippen molar-refractivity contribution in [1.82, 2.24) is 19.3 Å². The first kappa shape index (κ1) is 19.1. The summed E-state index contributed by atoms with van der Waals surface area (Å²) >= 11 is 0. The van der Waals surface area contributed by atoms with Crippen LogP contribution in [-0.4, -0.2) is 25.2 Å². The molecule has 1 aromatic carbocycles. The van der Waals surface area contributed by atoms with Gasteiger partial charge in [0, 0.05) is 16.9 Å². The molecule has 29 heavy (non-hydrogen) atoms. The fourth-order valence-corrected chi connectivity index (χ4v) is 3.94. The summed E-state index contributed by atoms with van der Waals surface area (Å²) in [6.07, 6.45) is 2.40. The topological polar surface area (TPSA) is 81.8 Å². The third kappa shape index (κ3) is 3.60.